The molecule has 0 N–H and O–H groups in total. The first kappa shape index (κ1) is 17.1. The first-order chi connectivity index (χ1) is 11.1. The van der Waals surface area contributed by atoms with E-state index < -0.39 is 5.92 Å². The summed E-state index contributed by atoms with van der Waals surface area (Å²) in [6.07, 6.45) is 3.73. The third-order valence-electron chi connectivity index (χ3n) is 4.18. The Morgan fingerprint density at radius 3 is 2.04 bits per heavy atom. The summed E-state index contributed by atoms with van der Waals surface area (Å²) in [5.41, 5.74) is 2.83. The second-order valence-corrected chi connectivity index (χ2v) is 5.97. The fourth-order valence-electron chi connectivity index (χ4n) is 2.78. The van der Waals surface area contributed by atoms with Crippen molar-refractivity contribution in [1.82, 2.24) is 0 Å². The predicted molar refractivity (Wildman–Crippen MR) is 94.5 cm³/mol. The monoisotopic (exact) mass is 308 g/mol. The van der Waals surface area contributed by atoms with Crippen LogP contribution < -0.4 is 0 Å². The molecule has 0 aliphatic carbocycles. The molecule has 1 unspecified atom stereocenters. The molecule has 2 heteroatoms. The Bertz CT molecular complexity index is 641. The van der Waals surface area contributed by atoms with Crippen molar-refractivity contribution < 1.29 is 9.59 Å². The zero-order chi connectivity index (χ0) is 16.7. The van der Waals surface area contributed by atoms with Crippen molar-refractivity contribution in [3.63, 3.8) is 0 Å². The summed E-state index contributed by atoms with van der Waals surface area (Å²) < 4.78 is 0. The Morgan fingerprint density at radius 1 is 0.870 bits per heavy atom. The van der Waals surface area contributed by atoms with Crippen molar-refractivity contribution in [2.24, 2.45) is 5.92 Å². The van der Waals surface area contributed by atoms with Crippen LogP contribution in [0, 0.1) is 5.92 Å². The Morgan fingerprint density at radius 2 is 1.48 bits per heavy atom. The Balaban J connectivity index is 2.13. The number of carbonyl (C=O) groups excluding carboxylic acids is 2. The van der Waals surface area contributed by atoms with Crippen LogP contribution in [0.2, 0.25) is 0 Å². The predicted octanol–water partition coefficient (Wildman–Crippen LogP) is 5.32. The zero-order valence-electron chi connectivity index (χ0n) is 13.9. The highest BCUT2D eigenvalue weighted by Crippen LogP contribution is 2.22. The molecule has 0 aromatic heterocycles. The topological polar surface area (TPSA) is 34.1 Å². The van der Waals surface area contributed by atoms with Gasteiger partial charge in [0.2, 0.25) is 0 Å². The number of hydrogen-bond acceptors (Lipinski definition) is 2. The van der Waals surface area contributed by atoms with Gasteiger partial charge < -0.3 is 0 Å². The second kappa shape index (κ2) is 8.42. The van der Waals surface area contributed by atoms with Gasteiger partial charge in [0, 0.05) is 5.56 Å². The van der Waals surface area contributed by atoms with Gasteiger partial charge in [-0.05, 0) is 24.5 Å². The van der Waals surface area contributed by atoms with Crippen molar-refractivity contribution >= 4 is 11.6 Å². The summed E-state index contributed by atoms with van der Waals surface area (Å²) in [6.45, 7) is 3.64. The lowest BCUT2D eigenvalue weighted by molar-refractivity contribution is -0.119. The molecule has 0 amide bonds. The molecule has 0 saturated heterocycles. The number of carbonyl (C=O) groups is 2. The van der Waals surface area contributed by atoms with Crippen molar-refractivity contribution in [2.45, 2.75) is 39.5 Å². The van der Waals surface area contributed by atoms with E-state index in [0.717, 1.165) is 30.4 Å². The van der Waals surface area contributed by atoms with E-state index >= 15 is 0 Å². The highest BCUT2D eigenvalue weighted by molar-refractivity contribution is 6.10. The maximum atomic E-state index is 12.6. The molecule has 120 valence electrons. The van der Waals surface area contributed by atoms with Crippen LogP contribution in [0.4, 0.5) is 0 Å². The molecule has 2 nitrogen and oxygen atoms in total. The lowest BCUT2D eigenvalue weighted by Crippen LogP contribution is -2.22. The fourth-order valence-corrected chi connectivity index (χ4v) is 2.78. The Kier molecular flexibility index (Phi) is 6.28. The van der Waals surface area contributed by atoms with Crippen molar-refractivity contribution in [3.8, 4) is 11.1 Å². The maximum Gasteiger partial charge on any atom is 0.173 e. The minimum Gasteiger partial charge on any atom is -0.299 e. The Hall–Kier alpha value is -2.22. The molecule has 0 heterocycles. The first-order valence-electron chi connectivity index (χ1n) is 8.33. The summed E-state index contributed by atoms with van der Waals surface area (Å²) in [5, 5.41) is 0. The van der Waals surface area contributed by atoms with E-state index in [4.69, 9.17) is 0 Å². The van der Waals surface area contributed by atoms with Gasteiger partial charge in [-0.25, -0.2) is 0 Å². The van der Waals surface area contributed by atoms with Gasteiger partial charge in [0.1, 0.15) is 5.78 Å². The molecule has 0 saturated carbocycles. The molecule has 0 radical (unpaired) electrons. The third kappa shape index (κ3) is 4.62. The molecule has 2 aromatic rings. The van der Waals surface area contributed by atoms with Crippen molar-refractivity contribution in [2.75, 3.05) is 0 Å². The first-order valence-corrected chi connectivity index (χ1v) is 8.33. The van der Waals surface area contributed by atoms with Crippen LogP contribution in [-0.4, -0.2) is 11.6 Å². The van der Waals surface area contributed by atoms with Crippen LogP contribution >= 0.6 is 0 Å². The summed E-state index contributed by atoms with van der Waals surface area (Å²) in [4.78, 5) is 24.4. The SMILES string of the molecule is CCCCCC(C(C)=O)C(=O)c1ccc(-c2ccccc2)cc1. The van der Waals surface area contributed by atoms with Crippen LogP contribution in [0.1, 0.15) is 49.9 Å². The van der Waals surface area contributed by atoms with Crippen LogP contribution in [0.25, 0.3) is 11.1 Å². The fraction of sp³-hybridized carbons (Fsp3) is 0.333. The summed E-state index contributed by atoms with van der Waals surface area (Å²) in [7, 11) is 0. The van der Waals surface area contributed by atoms with E-state index in [1.165, 1.54) is 6.92 Å². The number of hydrogen-bond donors (Lipinski definition) is 0. The molecule has 0 aliphatic rings. The molecule has 0 bridgehead atoms. The van der Waals surface area contributed by atoms with Crippen LogP contribution in [-0.2, 0) is 4.79 Å². The standard InChI is InChI=1S/C21H24O2/c1-3-4-6-11-20(16(2)22)21(23)19-14-12-18(13-15-19)17-9-7-5-8-10-17/h5,7-10,12-15,20H,3-4,6,11H2,1-2H3. The van der Waals surface area contributed by atoms with Gasteiger partial charge in [0.05, 0.1) is 5.92 Å². The van der Waals surface area contributed by atoms with Gasteiger partial charge >= 0.3 is 0 Å². The number of unbranched alkanes of at least 4 members (excludes halogenated alkanes) is 2. The molecule has 1 atom stereocenters. The summed E-state index contributed by atoms with van der Waals surface area (Å²) in [6, 6.07) is 17.6. The van der Waals surface area contributed by atoms with Crippen LogP contribution in [0.5, 0.6) is 0 Å². The zero-order valence-corrected chi connectivity index (χ0v) is 13.9. The van der Waals surface area contributed by atoms with Crippen LogP contribution in [0.3, 0.4) is 0 Å². The largest absolute Gasteiger partial charge is 0.299 e. The van der Waals surface area contributed by atoms with Crippen molar-refractivity contribution in [1.29, 1.82) is 0 Å². The van der Waals surface area contributed by atoms with E-state index in [1.807, 2.05) is 54.6 Å². The van der Waals surface area contributed by atoms with Gasteiger partial charge in [-0.1, -0.05) is 80.8 Å². The van der Waals surface area contributed by atoms with E-state index in [2.05, 4.69) is 6.92 Å². The quantitative estimate of drug-likeness (QED) is 0.375. The summed E-state index contributed by atoms with van der Waals surface area (Å²) >= 11 is 0. The minimum atomic E-state index is -0.496. The second-order valence-electron chi connectivity index (χ2n) is 5.97. The number of rotatable bonds is 8. The maximum absolute atomic E-state index is 12.6. The number of benzene rings is 2. The minimum absolute atomic E-state index is 0.0294. The van der Waals surface area contributed by atoms with Crippen molar-refractivity contribution in [3.05, 3.63) is 60.2 Å². The molecule has 23 heavy (non-hydrogen) atoms. The van der Waals surface area contributed by atoms with E-state index in [9.17, 15) is 9.59 Å². The highest BCUT2D eigenvalue weighted by atomic mass is 16.1. The van der Waals surface area contributed by atoms with Gasteiger partial charge in [-0.15, -0.1) is 0 Å². The molecule has 2 rings (SSSR count). The van der Waals surface area contributed by atoms with Gasteiger partial charge in [0.15, 0.2) is 5.78 Å². The lowest BCUT2D eigenvalue weighted by Gasteiger charge is -2.13. The summed E-state index contributed by atoms with van der Waals surface area (Å²) in [5.74, 6) is -0.574. The van der Waals surface area contributed by atoms with Crippen LogP contribution in [0.15, 0.2) is 54.6 Å². The smallest absolute Gasteiger partial charge is 0.173 e. The van der Waals surface area contributed by atoms with E-state index in [1.54, 1.807) is 0 Å². The van der Waals surface area contributed by atoms with Gasteiger partial charge in [0.25, 0.3) is 0 Å². The Labute approximate surface area is 138 Å². The molecule has 0 aliphatic heterocycles. The average molecular weight is 308 g/mol. The van der Waals surface area contributed by atoms with Gasteiger partial charge in [-0.3, -0.25) is 9.59 Å². The van der Waals surface area contributed by atoms with E-state index in [0.29, 0.717) is 12.0 Å². The molecule has 0 spiro atoms. The third-order valence-corrected chi connectivity index (χ3v) is 4.18. The number of Topliss-reactive ketones (excluding diaryl/α,β-unsaturated/α-hetero) is 2. The van der Waals surface area contributed by atoms with Gasteiger partial charge in [-0.2, -0.15) is 0 Å². The average Bonchev–Trinajstić information content (AvgIpc) is 2.59. The molecule has 0 fully saturated rings. The lowest BCUT2D eigenvalue weighted by atomic mass is 9.89. The molecular weight excluding hydrogens is 284 g/mol. The highest BCUT2D eigenvalue weighted by Gasteiger charge is 2.23. The normalized spacial score (nSPS) is 11.9. The molecule has 2 aromatic carbocycles. The number of ketones is 2. The molecular formula is C21H24O2. The van der Waals surface area contributed by atoms with E-state index in [-0.39, 0.29) is 11.6 Å².